The quantitative estimate of drug-likeness (QED) is 0.822. The van der Waals surface area contributed by atoms with E-state index in [0.717, 1.165) is 43.8 Å². The maximum Gasteiger partial charge on any atom is 0.262 e. The van der Waals surface area contributed by atoms with Gasteiger partial charge in [-0.2, -0.15) is 0 Å². The molecule has 0 atom stereocenters. The second-order valence-electron chi connectivity index (χ2n) is 6.13. The SMILES string of the molecule is O=C(COc1ccc(F)cc1F)Nc1ccc(N2CCCCC2)c(Cl)c1. The van der Waals surface area contributed by atoms with Crippen LogP contribution in [0.3, 0.4) is 0 Å². The molecule has 0 aromatic heterocycles. The number of ether oxygens (including phenoxy) is 1. The summed E-state index contributed by atoms with van der Waals surface area (Å²) in [5, 5.41) is 3.22. The molecule has 3 rings (SSSR count). The highest BCUT2D eigenvalue weighted by atomic mass is 35.5. The van der Waals surface area contributed by atoms with E-state index in [1.807, 2.05) is 6.07 Å². The highest BCUT2D eigenvalue weighted by Crippen LogP contribution is 2.30. The number of carbonyl (C=O) groups is 1. The molecule has 4 nitrogen and oxygen atoms in total. The van der Waals surface area contributed by atoms with Gasteiger partial charge in [0.25, 0.3) is 5.91 Å². The van der Waals surface area contributed by atoms with Crippen molar-refractivity contribution in [2.24, 2.45) is 0 Å². The maximum absolute atomic E-state index is 13.5. The van der Waals surface area contributed by atoms with Gasteiger partial charge >= 0.3 is 0 Å². The van der Waals surface area contributed by atoms with Crippen LogP contribution >= 0.6 is 11.6 Å². The molecular formula is C19H19ClF2N2O2. The lowest BCUT2D eigenvalue weighted by atomic mass is 10.1. The van der Waals surface area contributed by atoms with Crippen LogP contribution in [0.4, 0.5) is 20.2 Å². The van der Waals surface area contributed by atoms with E-state index < -0.39 is 24.1 Å². The third kappa shape index (κ3) is 4.64. The number of benzene rings is 2. The Labute approximate surface area is 155 Å². The molecular weight excluding hydrogens is 362 g/mol. The summed E-state index contributed by atoms with van der Waals surface area (Å²) in [7, 11) is 0. The number of nitrogens with one attached hydrogen (secondary N) is 1. The van der Waals surface area contributed by atoms with Crippen molar-refractivity contribution in [3.63, 3.8) is 0 Å². The lowest BCUT2D eigenvalue weighted by Gasteiger charge is -2.29. The first kappa shape index (κ1) is 18.5. The van der Waals surface area contributed by atoms with Crippen molar-refractivity contribution in [2.75, 3.05) is 29.9 Å². The first-order valence-electron chi connectivity index (χ1n) is 8.45. The molecule has 2 aromatic rings. The first-order valence-corrected chi connectivity index (χ1v) is 8.83. The van der Waals surface area contributed by atoms with Gasteiger partial charge in [-0.05, 0) is 49.6 Å². The minimum atomic E-state index is -0.855. The summed E-state index contributed by atoms with van der Waals surface area (Å²) in [5.74, 6) is -2.20. The molecule has 1 N–H and O–H groups in total. The first-order chi connectivity index (χ1) is 12.5. The second-order valence-corrected chi connectivity index (χ2v) is 6.53. The van der Waals surface area contributed by atoms with Crippen LogP contribution < -0.4 is 15.0 Å². The average molecular weight is 381 g/mol. The Bertz CT molecular complexity index is 795. The minimum Gasteiger partial charge on any atom is -0.481 e. The number of halogens is 3. The van der Waals surface area contributed by atoms with Gasteiger partial charge < -0.3 is 15.0 Å². The van der Waals surface area contributed by atoms with Gasteiger partial charge in [0.15, 0.2) is 18.2 Å². The Morgan fingerprint density at radius 1 is 1.12 bits per heavy atom. The highest BCUT2D eigenvalue weighted by Gasteiger charge is 2.15. The van der Waals surface area contributed by atoms with Crippen molar-refractivity contribution < 1.29 is 18.3 Å². The summed E-state index contributed by atoms with van der Waals surface area (Å²) in [4.78, 5) is 14.2. The predicted octanol–water partition coefficient (Wildman–Crippen LogP) is 4.63. The van der Waals surface area contributed by atoms with Crippen molar-refractivity contribution >= 4 is 28.9 Å². The van der Waals surface area contributed by atoms with Crippen LogP contribution in [0.5, 0.6) is 5.75 Å². The highest BCUT2D eigenvalue weighted by molar-refractivity contribution is 6.33. The van der Waals surface area contributed by atoms with E-state index >= 15 is 0 Å². The largest absolute Gasteiger partial charge is 0.481 e. The molecule has 0 unspecified atom stereocenters. The molecule has 0 radical (unpaired) electrons. The molecule has 1 saturated heterocycles. The minimum absolute atomic E-state index is 0.181. The molecule has 2 aromatic carbocycles. The van der Waals surface area contributed by atoms with E-state index in [0.29, 0.717) is 16.8 Å². The molecule has 0 aliphatic carbocycles. The van der Waals surface area contributed by atoms with Gasteiger partial charge in [-0.25, -0.2) is 8.78 Å². The topological polar surface area (TPSA) is 41.6 Å². The second kappa shape index (κ2) is 8.36. The summed E-state index contributed by atoms with van der Waals surface area (Å²) in [6, 6.07) is 8.24. The molecule has 0 saturated carbocycles. The summed E-state index contributed by atoms with van der Waals surface area (Å²) in [6.07, 6.45) is 3.52. The van der Waals surface area contributed by atoms with Crippen LogP contribution in [0, 0.1) is 11.6 Å². The molecule has 0 bridgehead atoms. The number of hydrogen-bond donors (Lipinski definition) is 1. The molecule has 26 heavy (non-hydrogen) atoms. The van der Waals surface area contributed by atoms with Crippen molar-refractivity contribution in [3.05, 3.63) is 53.1 Å². The Kier molecular flexibility index (Phi) is 5.93. The summed E-state index contributed by atoms with van der Waals surface area (Å²) in [6.45, 7) is 1.55. The zero-order chi connectivity index (χ0) is 18.5. The Hall–Kier alpha value is -2.34. The van der Waals surface area contributed by atoms with E-state index in [9.17, 15) is 13.6 Å². The standard InChI is InChI=1S/C19H19ClF2N2O2/c20-15-11-14(5-6-17(15)24-8-2-1-3-9-24)23-19(25)12-26-18-7-4-13(21)10-16(18)22/h4-7,10-11H,1-3,8-9,12H2,(H,23,25). The zero-order valence-corrected chi connectivity index (χ0v) is 14.9. The molecule has 1 aliphatic rings. The molecule has 7 heteroatoms. The number of anilines is 2. The van der Waals surface area contributed by atoms with E-state index in [1.54, 1.807) is 12.1 Å². The monoisotopic (exact) mass is 380 g/mol. The van der Waals surface area contributed by atoms with Crippen molar-refractivity contribution in [1.82, 2.24) is 0 Å². The van der Waals surface area contributed by atoms with Gasteiger partial charge in [0.2, 0.25) is 0 Å². The predicted molar refractivity (Wildman–Crippen MR) is 98.0 cm³/mol. The number of rotatable bonds is 5. The van der Waals surface area contributed by atoms with Crippen LogP contribution in [0.25, 0.3) is 0 Å². The van der Waals surface area contributed by atoms with Crippen molar-refractivity contribution in [1.29, 1.82) is 0 Å². The van der Waals surface area contributed by atoms with Gasteiger partial charge in [0, 0.05) is 24.8 Å². The molecule has 138 valence electrons. The van der Waals surface area contributed by atoms with E-state index in [2.05, 4.69) is 10.2 Å². The molecule has 1 fully saturated rings. The van der Waals surface area contributed by atoms with E-state index in [1.165, 1.54) is 6.42 Å². The number of carbonyl (C=O) groups excluding carboxylic acids is 1. The van der Waals surface area contributed by atoms with Gasteiger partial charge in [-0.3, -0.25) is 4.79 Å². The fourth-order valence-corrected chi connectivity index (χ4v) is 3.21. The van der Waals surface area contributed by atoms with Gasteiger partial charge in [0.1, 0.15) is 5.82 Å². The number of amides is 1. The fourth-order valence-electron chi connectivity index (χ4n) is 2.91. The van der Waals surface area contributed by atoms with Crippen LogP contribution in [-0.2, 0) is 4.79 Å². The van der Waals surface area contributed by atoms with Crippen LogP contribution in [0.1, 0.15) is 19.3 Å². The molecule has 1 amide bonds. The van der Waals surface area contributed by atoms with Gasteiger partial charge in [-0.1, -0.05) is 11.6 Å². The van der Waals surface area contributed by atoms with Crippen molar-refractivity contribution in [3.8, 4) is 5.75 Å². The molecule has 1 aliphatic heterocycles. The zero-order valence-electron chi connectivity index (χ0n) is 14.1. The van der Waals surface area contributed by atoms with Crippen LogP contribution in [0.2, 0.25) is 5.02 Å². The van der Waals surface area contributed by atoms with Gasteiger partial charge in [-0.15, -0.1) is 0 Å². The van der Waals surface area contributed by atoms with E-state index in [-0.39, 0.29) is 5.75 Å². The van der Waals surface area contributed by atoms with Crippen LogP contribution in [-0.4, -0.2) is 25.6 Å². The van der Waals surface area contributed by atoms with Crippen LogP contribution in [0.15, 0.2) is 36.4 Å². The third-order valence-electron chi connectivity index (χ3n) is 4.18. The molecule has 0 spiro atoms. The lowest BCUT2D eigenvalue weighted by Crippen LogP contribution is -2.29. The smallest absolute Gasteiger partial charge is 0.262 e. The Morgan fingerprint density at radius 3 is 2.58 bits per heavy atom. The van der Waals surface area contributed by atoms with Crippen molar-refractivity contribution in [2.45, 2.75) is 19.3 Å². The number of nitrogens with zero attached hydrogens (tertiary/aromatic N) is 1. The number of piperidine rings is 1. The average Bonchev–Trinajstić information content (AvgIpc) is 2.62. The Balaban J connectivity index is 1.57. The Morgan fingerprint density at radius 2 is 1.88 bits per heavy atom. The number of hydrogen-bond acceptors (Lipinski definition) is 3. The third-order valence-corrected chi connectivity index (χ3v) is 4.48. The normalized spacial score (nSPS) is 14.2. The summed E-state index contributed by atoms with van der Waals surface area (Å²) in [5.41, 5.74) is 1.48. The summed E-state index contributed by atoms with van der Waals surface area (Å²) >= 11 is 6.35. The lowest BCUT2D eigenvalue weighted by molar-refractivity contribution is -0.118. The van der Waals surface area contributed by atoms with E-state index in [4.69, 9.17) is 16.3 Å². The molecule has 1 heterocycles. The maximum atomic E-state index is 13.5. The van der Waals surface area contributed by atoms with Gasteiger partial charge in [0.05, 0.1) is 10.7 Å². The fraction of sp³-hybridized carbons (Fsp3) is 0.316. The summed E-state index contributed by atoms with van der Waals surface area (Å²) < 4.78 is 31.4.